The Morgan fingerprint density at radius 2 is 2.10 bits per heavy atom. The SMILES string of the molecule is COC(=O)c1coc(CN[C@@H](C)c2ccc(Cl)cc2)c1. The standard InChI is InChI=1S/C15H16ClNO3/c1-10(11-3-5-13(16)6-4-11)17-8-14-7-12(9-20-14)15(18)19-2/h3-7,9-10,17H,8H2,1-2H3/t10-/m0/s1. The molecule has 106 valence electrons. The van der Waals surface area contributed by atoms with Gasteiger partial charge in [-0.25, -0.2) is 4.79 Å². The lowest BCUT2D eigenvalue weighted by Crippen LogP contribution is -2.17. The van der Waals surface area contributed by atoms with Crippen molar-refractivity contribution in [1.29, 1.82) is 0 Å². The number of carbonyl (C=O) groups is 1. The molecular formula is C15H16ClNO3. The zero-order valence-electron chi connectivity index (χ0n) is 11.4. The summed E-state index contributed by atoms with van der Waals surface area (Å²) in [5.74, 6) is 0.289. The minimum absolute atomic E-state index is 0.152. The van der Waals surface area contributed by atoms with Crippen LogP contribution in [0, 0.1) is 0 Å². The first-order valence-corrected chi connectivity index (χ1v) is 6.62. The van der Waals surface area contributed by atoms with Gasteiger partial charge in [0.25, 0.3) is 0 Å². The van der Waals surface area contributed by atoms with E-state index >= 15 is 0 Å². The lowest BCUT2D eigenvalue weighted by atomic mass is 10.1. The van der Waals surface area contributed by atoms with Gasteiger partial charge in [0.05, 0.1) is 19.2 Å². The highest BCUT2D eigenvalue weighted by Crippen LogP contribution is 2.17. The Hall–Kier alpha value is -1.78. The molecule has 0 amide bonds. The van der Waals surface area contributed by atoms with E-state index in [1.165, 1.54) is 13.4 Å². The second kappa shape index (κ2) is 6.59. The summed E-state index contributed by atoms with van der Waals surface area (Å²) < 4.78 is 9.93. The third-order valence-electron chi connectivity index (χ3n) is 3.03. The van der Waals surface area contributed by atoms with Gasteiger partial charge in [-0.1, -0.05) is 23.7 Å². The summed E-state index contributed by atoms with van der Waals surface area (Å²) in [6.45, 7) is 2.58. The maximum Gasteiger partial charge on any atom is 0.341 e. The maximum absolute atomic E-state index is 11.3. The molecule has 5 heteroatoms. The zero-order chi connectivity index (χ0) is 14.5. The number of esters is 1. The smallest absolute Gasteiger partial charge is 0.341 e. The number of benzene rings is 1. The molecule has 0 saturated carbocycles. The minimum Gasteiger partial charge on any atom is -0.467 e. The Labute approximate surface area is 122 Å². The van der Waals surface area contributed by atoms with Crippen molar-refractivity contribution in [3.05, 3.63) is 58.5 Å². The van der Waals surface area contributed by atoms with Gasteiger partial charge in [0.2, 0.25) is 0 Å². The molecule has 20 heavy (non-hydrogen) atoms. The van der Waals surface area contributed by atoms with Crippen molar-refractivity contribution in [1.82, 2.24) is 5.32 Å². The summed E-state index contributed by atoms with van der Waals surface area (Å²) in [7, 11) is 1.34. The number of rotatable bonds is 5. The van der Waals surface area contributed by atoms with Crippen molar-refractivity contribution in [3.63, 3.8) is 0 Å². The van der Waals surface area contributed by atoms with Crippen LogP contribution < -0.4 is 5.32 Å². The number of ether oxygens (including phenoxy) is 1. The molecule has 0 aliphatic rings. The third-order valence-corrected chi connectivity index (χ3v) is 3.28. The van der Waals surface area contributed by atoms with Gasteiger partial charge in [-0.3, -0.25) is 0 Å². The molecule has 0 saturated heterocycles. The molecule has 1 N–H and O–H groups in total. The van der Waals surface area contributed by atoms with Crippen molar-refractivity contribution < 1.29 is 13.9 Å². The number of furan rings is 1. The second-order valence-electron chi connectivity index (χ2n) is 4.45. The number of hydrogen-bond acceptors (Lipinski definition) is 4. The topological polar surface area (TPSA) is 51.5 Å². The van der Waals surface area contributed by atoms with Gasteiger partial charge in [-0.2, -0.15) is 0 Å². The highest BCUT2D eigenvalue weighted by atomic mass is 35.5. The maximum atomic E-state index is 11.3. The molecule has 0 aliphatic carbocycles. The lowest BCUT2D eigenvalue weighted by molar-refractivity contribution is 0.0600. The van der Waals surface area contributed by atoms with Crippen LogP contribution in [0.5, 0.6) is 0 Å². The number of methoxy groups -OCH3 is 1. The lowest BCUT2D eigenvalue weighted by Gasteiger charge is -2.13. The van der Waals surface area contributed by atoms with Crippen LogP contribution in [0.1, 0.15) is 34.6 Å². The fourth-order valence-corrected chi connectivity index (χ4v) is 1.95. The van der Waals surface area contributed by atoms with Crippen molar-refractivity contribution in [2.75, 3.05) is 7.11 Å². The van der Waals surface area contributed by atoms with E-state index < -0.39 is 5.97 Å². The number of halogens is 1. The van der Waals surface area contributed by atoms with E-state index in [-0.39, 0.29) is 6.04 Å². The summed E-state index contributed by atoms with van der Waals surface area (Å²) in [6, 6.07) is 9.49. The molecule has 0 bridgehead atoms. The monoisotopic (exact) mass is 293 g/mol. The third kappa shape index (κ3) is 3.62. The summed E-state index contributed by atoms with van der Waals surface area (Å²) in [4.78, 5) is 11.3. The number of carbonyl (C=O) groups excluding carboxylic acids is 1. The Morgan fingerprint density at radius 3 is 2.75 bits per heavy atom. The quantitative estimate of drug-likeness (QED) is 0.856. The molecule has 0 unspecified atom stereocenters. The van der Waals surface area contributed by atoms with Crippen LogP contribution in [0.2, 0.25) is 5.02 Å². The van der Waals surface area contributed by atoms with Gasteiger partial charge in [-0.05, 0) is 30.7 Å². The predicted octanol–water partition coefficient (Wildman–Crippen LogP) is 3.57. The van der Waals surface area contributed by atoms with Crippen LogP contribution in [-0.2, 0) is 11.3 Å². The van der Waals surface area contributed by atoms with Crippen molar-refractivity contribution in [2.24, 2.45) is 0 Å². The van der Waals surface area contributed by atoms with Gasteiger partial charge in [-0.15, -0.1) is 0 Å². The molecular weight excluding hydrogens is 278 g/mol. The molecule has 4 nitrogen and oxygen atoms in total. The molecule has 1 atom stereocenters. The Bertz CT molecular complexity index is 577. The molecule has 0 aliphatic heterocycles. The Morgan fingerprint density at radius 1 is 1.40 bits per heavy atom. The molecule has 0 fully saturated rings. The second-order valence-corrected chi connectivity index (χ2v) is 4.88. The summed E-state index contributed by atoms with van der Waals surface area (Å²) in [5, 5.41) is 4.03. The van der Waals surface area contributed by atoms with Crippen LogP contribution >= 0.6 is 11.6 Å². The molecule has 0 spiro atoms. The Kier molecular flexibility index (Phi) is 4.82. The Balaban J connectivity index is 1.93. The number of nitrogens with one attached hydrogen (secondary N) is 1. The van der Waals surface area contributed by atoms with Crippen LogP contribution in [0.15, 0.2) is 41.0 Å². The zero-order valence-corrected chi connectivity index (χ0v) is 12.1. The average Bonchev–Trinajstić information content (AvgIpc) is 2.93. The van der Waals surface area contributed by atoms with E-state index in [0.717, 1.165) is 10.6 Å². The molecule has 0 radical (unpaired) electrons. The molecule has 2 aromatic rings. The van der Waals surface area contributed by atoms with Crippen molar-refractivity contribution >= 4 is 17.6 Å². The van der Waals surface area contributed by atoms with Gasteiger partial charge < -0.3 is 14.5 Å². The van der Waals surface area contributed by atoms with Crippen LogP contribution in [0.25, 0.3) is 0 Å². The molecule has 2 rings (SSSR count). The van der Waals surface area contributed by atoms with E-state index in [4.69, 9.17) is 16.0 Å². The van der Waals surface area contributed by atoms with Crippen molar-refractivity contribution in [3.8, 4) is 0 Å². The summed E-state index contributed by atoms with van der Waals surface area (Å²) in [6.07, 6.45) is 1.40. The van der Waals surface area contributed by atoms with E-state index in [1.54, 1.807) is 6.07 Å². The fourth-order valence-electron chi connectivity index (χ4n) is 1.82. The first-order chi connectivity index (χ1) is 9.60. The molecule has 1 aromatic carbocycles. The van der Waals surface area contributed by atoms with Crippen LogP contribution in [0.3, 0.4) is 0 Å². The largest absolute Gasteiger partial charge is 0.467 e. The van der Waals surface area contributed by atoms with Gasteiger partial charge in [0.15, 0.2) is 0 Å². The first-order valence-electron chi connectivity index (χ1n) is 6.24. The normalized spacial score (nSPS) is 12.2. The van der Waals surface area contributed by atoms with E-state index in [2.05, 4.69) is 10.1 Å². The van der Waals surface area contributed by atoms with Gasteiger partial charge >= 0.3 is 5.97 Å². The number of hydrogen-bond donors (Lipinski definition) is 1. The molecule has 1 heterocycles. The predicted molar refractivity (Wildman–Crippen MR) is 76.8 cm³/mol. The van der Waals surface area contributed by atoms with E-state index in [9.17, 15) is 4.79 Å². The minimum atomic E-state index is -0.397. The average molecular weight is 294 g/mol. The van der Waals surface area contributed by atoms with Crippen LogP contribution in [-0.4, -0.2) is 13.1 Å². The highest BCUT2D eigenvalue weighted by Gasteiger charge is 2.11. The van der Waals surface area contributed by atoms with E-state index in [1.807, 2.05) is 31.2 Å². The summed E-state index contributed by atoms with van der Waals surface area (Å²) >= 11 is 5.86. The van der Waals surface area contributed by atoms with Crippen molar-refractivity contribution in [2.45, 2.75) is 19.5 Å². The van der Waals surface area contributed by atoms with Crippen LogP contribution in [0.4, 0.5) is 0 Å². The highest BCUT2D eigenvalue weighted by molar-refractivity contribution is 6.30. The molecule has 1 aromatic heterocycles. The van der Waals surface area contributed by atoms with Gasteiger partial charge in [0, 0.05) is 11.1 Å². The summed E-state index contributed by atoms with van der Waals surface area (Å²) in [5.41, 5.74) is 1.55. The van der Waals surface area contributed by atoms with Gasteiger partial charge in [0.1, 0.15) is 12.0 Å². The first kappa shape index (κ1) is 14.6. The fraction of sp³-hybridized carbons (Fsp3) is 0.267. The van der Waals surface area contributed by atoms with E-state index in [0.29, 0.717) is 17.9 Å².